The van der Waals surface area contributed by atoms with Crippen LogP contribution in [0.25, 0.3) is 0 Å². The molecule has 0 spiro atoms. The lowest BCUT2D eigenvalue weighted by Crippen LogP contribution is -2.15. The van der Waals surface area contributed by atoms with Gasteiger partial charge in [0.05, 0.1) is 6.61 Å². The maximum absolute atomic E-state index is 9.05. The van der Waals surface area contributed by atoms with Gasteiger partial charge in [-0.1, -0.05) is 13.3 Å². The predicted octanol–water partition coefficient (Wildman–Crippen LogP) is 2.88. The van der Waals surface area contributed by atoms with Crippen LogP contribution >= 0.6 is 0 Å². The van der Waals surface area contributed by atoms with E-state index in [2.05, 4.69) is 12.2 Å². The average Bonchev–Trinajstić information content (AvgIpc) is 2.36. The molecule has 0 radical (unpaired) electrons. The SMILES string of the molecule is CCCC(CCO)CNc1cc(N)cc(OCC)c1. The van der Waals surface area contributed by atoms with Crippen LogP contribution in [-0.4, -0.2) is 24.9 Å². The van der Waals surface area contributed by atoms with Crippen molar-refractivity contribution >= 4 is 11.4 Å². The second-order valence-corrected chi connectivity index (χ2v) is 4.77. The molecule has 0 amide bonds. The monoisotopic (exact) mass is 266 g/mol. The third-order valence-corrected chi connectivity index (χ3v) is 3.07. The van der Waals surface area contributed by atoms with E-state index in [4.69, 9.17) is 15.6 Å². The van der Waals surface area contributed by atoms with E-state index < -0.39 is 0 Å². The lowest BCUT2D eigenvalue weighted by atomic mass is 10.00. The van der Waals surface area contributed by atoms with Crippen LogP contribution in [0.4, 0.5) is 11.4 Å². The van der Waals surface area contributed by atoms with E-state index in [-0.39, 0.29) is 6.61 Å². The number of aliphatic hydroxyl groups is 1. The fraction of sp³-hybridized carbons (Fsp3) is 0.600. The summed E-state index contributed by atoms with van der Waals surface area (Å²) in [6.07, 6.45) is 3.09. The molecular weight excluding hydrogens is 240 g/mol. The van der Waals surface area contributed by atoms with Crippen molar-refractivity contribution in [2.75, 3.05) is 30.8 Å². The van der Waals surface area contributed by atoms with Gasteiger partial charge in [-0.2, -0.15) is 0 Å². The molecule has 0 aliphatic rings. The molecular formula is C15H26N2O2. The summed E-state index contributed by atoms with van der Waals surface area (Å²) in [4.78, 5) is 0. The van der Waals surface area contributed by atoms with Crippen LogP contribution in [0.1, 0.15) is 33.1 Å². The predicted molar refractivity (Wildman–Crippen MR) is 80.6 cm³/mol. The van der Waals surface area contributed by atoms with E-state index in [1.54, 1.807) is 0 Å². The van der Waals surface area contributed by atoms with Crippen LogP contribution in [0.3, 0.4) is 0 Å². The molecule has 4 heteroatoms. The highest BCUT2D eigenvalue weighted by atomic mass is 16.5. The Bertz CT molecular complexity index is 363. The third kappa shape index (κ3) is 5.83. The zero-order valence-electron chi connectivity index (χ0n) is 12.0. The first-order valence-corrected chi connectivity index (χ1v) is 7.07. The van der Waals surface area contributed by atoms with Crippen molar-refractivity contribution in [3.05, 3.63) is 18.2 Å². The van der Waals surface area contributed by atoms with Gasteiger partial charge >= 0.3 is 0 Å². The first-order chi connectivity index (χ1) is 9.19. The number of nitrogens with one attached hydrogen (secondary N) is 1. The lowest BCUT2D eigenvalue weighted by molar-refractivity contribution is 0.255. The molecule has 0 aliphatic carbocycles. The van der Waals surface area contributed by atoms with Crippen molar-refractivity contribution in [3.63, 3.8) is 0 Å². The van der Waals surface area contributed by atoms with E-state index in [1.165, 1.54) is 0 Å². The molecule has 1 aromatic carbocycles. The Morgan fingerprint density at radius 2 is 2.05 bits per heavy atom. The van der Waals surface area contributed by atoms with E-state index >= 15 is 0 Å². The maximum Gasteiger partial charge on any atom is 0.123 e. The zero-order chi connectivity index (χ0) is 14.1. The summed E-state index contributed by atoms with van der Waals surface area (Å²) in [5.74, 6) is 1.28. The summed E-state index contributed by atoms with van der Waals surface area (Å²) in [7, 11) is 0. The Kier molecular flexibility index (Phi) is 7.11. The summed E-state index contributed by atoms with van der Waals surface area (Å²) in [6, 6.07) is 5.69. The first kappa shape index (κ1) is 15.6. The fourth-order valence-corrected chi connectivity index (χ4v) is 2.18. The molecule has 1 rings (SSSR count). The van der Waals surface area contributed by atoms with Crippen molar-refractivity contribution in [3.8, 4) is 5.75 Å². The largest absolute Gasteiger partial charge is 0.494 e. The number of hydrogen-bond acceptors (Lipinski definition) is 4. The van der Waals surface area contributed by atoms with Gasteiger partial charge in [-0.15, -0.1) is 0 Å². The minimum Gasteiger partial charge on any atom is -0.494 e. The highest BCUT2D eigenvalue weighted by Crippen LogP contribution is 2.23. The minimum atomic E-state index is 0.244. The molecule has 0 bridgehead atoms. The molecule has 0 aliphatic heterocycles. The van der Waals surface area contributed by atoms with Crippen LogP contribution < -0.4 is 15.8 Å². The molecule has 4 nitrogen and oxygen atoms in total. The second kappa shape index (κ2) is 8.64. The Labute approximate surface area is 116 Å². The summed E-state index contributed by atoms with van der Waals surface area (Å²) in [5.41, 5.74) is 7.52. The first-order valence-electron chi connectivity index (χ1n) is 7.07. The Hall–Kier alpha value is -1.42. The Morgan fingerprint density at radius 3 is 2.68 bits per heavy atom. The molecule has 0 fully saturated rings. The topological polar surface area (TPSA) is 67.5 Å². The molecule has 1 atom stereocenters. The van der Waals surface area contributed by atoms with Gasteiger partial charge in [0.2, 0.25) is 0 Å². The molecule has 0 heterocycles. The quantitative estimate of drug-likeness (QED) is 0.601. The lowest BCUT2D eigenvalue weighted by Gasteiger charge is -2.17. The van der Waals surface area contributed by atoms with E-state index in [0.717, 1.165) is 37.2 Å². The molecule has 1 unspecified atom stereocenters. The maximum atomic E-state index is 9.05. The number of nitrogens with two attached hydrogens (primary N) is 1. The Balaban J connectivity index is 2.59. The average molecular weight is 266 g/mol. The number of benzene rings is 1. The van der Waals surface area contributed by atoms with Gasteiger partial charge in [0, 0.05) is 36.7 Å². The number of anilines is 2. The van der Waals surface area contributed by atoms with Crippen molar-refractivity contribution in [1.29, 1.82) is 0 Å². The molecule has 108 valence electrons. The van der Waals surface area contributed by atoms with E-state index in [1.807, 2.05) is 25.1 Å². The number of aliphatic hydroxyl groups excluding tert-OH is 1. The molecule has 0 saturated carbocycles. The van der Waals surface area contributed by atoms with Crippen LogP contribution in [0.5, 0.6) is 5.75 Å². The molecule has 1 aromatic rings. The molecule has 4 N–H and O–H groups in total. The highest BCUT2D eigenvalue weighted by molar-refractivity contribution is 5.59. The number of ether oxygens (including phenoxy) is 1. The fourth-order valence-electron chi connectivity index (χ4n) is 2.18. The van der Waals surface area contributed by atoms with Gasteiger partial charge in [0.15, 0.2) is 0 Å². The van der Waals surface area contributed by atoms with Crippen LogP contribution in [0.15, 0.2) is 18.2 Å². The smallest absolute Gasteiger partial charge is 0.123 e. The molecule has 0 saturated heterocycles. The van der Waals surface area contributed by atoms with Crippen molar-refractivity contribution in [2.45, 2.75) is 33.1 Å². The van der Waals surface area contributed by atoms with E-state index in [9.17, 15) is 0 Å². The number of rotatable bonds is 9. The van der Waals surface area contributed by atoms with Gasteiger partial charge in [-0.05, 0) is 31.7 Å². The van der Waals surface area contributed by atoms with E-state index in [0.29, 0.717) is 18.2 Å². The van der Waals surface area contributed by atoms with Gasteiger partial charge in [0.25, 0.3) is 0 Å². The summed E-state index contributed by atoms with van der Waals surface area (Å²) in [5, 5.41) is 12.4. The Morgan fingerprint density at radius 1 is 1.26 bits per heavy atom. The van der Waals surface area contributed by atoms with Crippen molar-refractivity contribution < 1.29 is 9.84 Å². The van der Waals surface area contributed by atoms with Crippen molar-refractivity contribution in [2.24, 2.45) is 5.92 Å². The zero-order valence-corrected chi connectivity index (χ0v) is 12.0. The highest BCUT2D eigenvalue weighted by Gasteiger charge is 2.07. The van der Waals surface area contributed by atoms with Gasteiger partial charge < -0.3 is 20.9 Å². The minimum absolute atomic E-state index is 0.244. The van der Waals surface area contributed by atoms with Crippen LogP contribution in [-0.2, 0) is 0 Å². The molecule has 19 heavy (non-hydrogen) atoms. The number of nitrogen functional groups attached to an aromatic ring is 1. The summed E-state index contributed by atoms with van der Waals surface area (Å²) < 4.78 is 5.47. The van der Waals surface area contributed by atoms with Gasteiger partial charge in [0.1, 0.15) is 5.75 Å². The molecule has 0 aromatic heterocycles. The third-order valence-electron chi connectivity index (χ3n) is 3.07. The normalized spacial score (nSPS) is 12.2. The van der Waals surface area contributed by atoms with Gasteiger partial charge in [-0.3, -0.25) is 0 Å². The standard InChI is InChI=1S/C15H26N2O2/c1-3-5-12(6-7-18)11-17-14-8-13(16)9-15(10-14)19-4-2/h8-10,12,17-18H,3-7,11,16H2,1-2H3. The van der Waals surface area contributed by atoms with Crippen molar-refractivity contribution in [1.82, 2.24) is 0 Å². The second-order valence-electron chi connectivity index (χ2n) is 4.77. The van der Waals surface area contributed by atoms with Crippen LogP contribution in [0.2, 0.25) is 0 Å². The summed E-state index contributed by atoms with van der Waals surface area (Å²) in [6.45, 7) is 5.84. The van der Waals surface area contributed by atoms with Gasteiger partial charge in [-0.25, -0.2) is 0 Å². The number of hydrogen-bond donors (Lipinski definition) is 3. The van der Waals surface area contributed by atoms with Crippen LogP contribution in [0, 0.1) is 5.92 Å². The summed E-state index contributed by atoms with van der Waals surface area (Å²) >= 11 is 0.